The number of halogens is 1. The highest BCUT2D eigenvalue weighted by atomic mass is 79.9. The number of para-hydroxylation sites is 1. The van der Waals surface area contributed by atoms with Crippen LogP contribution in [0, 0.1) is 0 Å². The molecule has 0 fully saturated rings. The van der Waals surface area contributed by atoms with E-state index >= 15 is 0 Å². The Morgan fingerprint density at radius 2 is 1.95 bits per heavy atom. The first-order valence-corrected chi connectivity index (χ1v) is 6.80. The lowest BCUT2D eigenvalue weighted by molar-refractivity contribution is -0.136. The van der Waals surface area contributed by atoms with Crippen molar-refractivity contribution >= 4 is 33.5 Å². The Balaban J connectivity index is 2.26. The largest absolute Gasteiger partial charge is 0.481 e. The maximum absolute atomic E-state index is 12.5. The fourth-order valence-electron chi connectivity index (χ4n) is 1.80. The average Bonchev–Trinajstić information content (AvgIpc) is 2.86. The predicted octanol–water partition coefficient (Wildman–Crippen LogP) is 2.90. The van der Waals surface area contributed by atoms with E-state index in [1.807, 2.05) is 6.07 Å². The number of H-pyrrole nitrogens is 1. The molecule has 1 heterocycles. The molecule has 0 bridgehead atoms. The third kappa shape index (κ3) is 3.48. The third-order valence-electron chi connectivity index (χ3n) is 2.74. The molecule has 104 valence electrons. The van der Waals surface area contributed by atoms with Crippen molar-refractivity contribution in [3.8, 4) is 0 Å². The van der Waals surface area contributed by atoms with E-state index in [-0.39, 0.29) is 18.9 Å². The molecule has 2 rings (SSSR count). The summed E-state index contributed by atoms with van der Waals surface area (Å²) in [5, 5.41) is 8.81. The van der Waals surface area contributed by atoms with Gasteiger partial charge in [0, 0.05) is 22.9 Å². The molecule has 0 saturated carbocycles. The van der Waals surface area contributed by atoms with Gasteiger partial charge in [-0.25, -0.2) is 0 Å². The molecule has 0 aliphatic rings. The van der Waals surface area contributed by atoms with Crippen molar-refractivity contribution in [3.05, 3.63) is 52.8 Å². The van der Waals surface area contributed by atoms with Gasteiger partial charge in [0.2, 0.25) is 0 Å². The van der Waals surface area contributed by atoms with Gasteiger partial charge in [-0.15, -0.1) is 0 Å². The van der Waals surface area contributed by atoms with Crippen molar-refractivity contribution in [3.63, 3.8) is 0 Å². The number of anilines is 1. The van der Waals surface area contributed by atoms with Gasteiger partial charge in [0.15, 0.2) is 0 Å². The average molecular weight is 337 g/mol. The van der Waals surface area contributed by atoms with Crippen LogP contribution in [0.5, 0.6) is 0 Å². The monoisotopic (exact) mass is 336 g/mol. The summed E-state index contributed by atoms with van der Waals surface area (Å²) >= 11 is 3.27. The standard InChI is InChI=1S/C14H13BrN2O3/c15-10-8-12(16-9-10)14(20)17(7-6-13(18)19)11-4-2-1-3-5-11/h1-5,8-9,16H,6-7H2,(H,18,19). The van der Waals surface area contributed by atoms with Gasteiger partial charge < -0.3 is 15.0 Å². The number of nitrogens with one attached hydrogen (secondary N) is 1. The molecule has 2 aromatic rings. The first-order valence-electron chi connectivity index (χ1n) is 6.00. The Hall–Kier alpha value is -2.08. The molecule has 0 unspecified atom stereocenters. The number of carbonyl (C=O) groups excluding carboxylic acids is 1. The van der Waals surface area contributed by atoms with Crippen LogP contribution in [0.2, 0.25) is 0 Å². The van der Waals surface area contributed by atoms with E-state index in [4.69, 9.17) is 5.11 Å². The zero-order valence-electron chi connectivity index (χ0n) is 10.5. The molecule has 20 heavy (non-hydrogen) atoms. The predicted molar refractivity (Wildman–Crippen MR) is 78.9 cm³/mol. The molecule has 0 spiro atoms. The molecule has 2 N–H and O–H groups in total. The summed E-state index contributed by atoms with van der Waals surface area (Å²) < 4.78 is 0.770. The highest BCUT2D eigenvalue weighted by molar-refractivity contribution is 9.10. The Kier molecular flexibility index (Phi) is 4.57. The van der Waals surface area contributed by atoms with Crippen LogP contribution in [0.1, 0.15) is 16.9 Å². The molecule has 0 saturated heterocycles. The molecular formula is C14H13BrN2O3. The van der Waals surface area contributed by atoms with Crippen LogP contribution >= 0.6 is 15.9 Å². The fourth-order valence-corrected chi connectivity index (χ4v) is 2.14. The van der Waals surface area contributed by atoms with Crippen molar-refractivity contribution in [1.82, 2.24) is 4.98 Å². The maximum Gasteiger partial charge on any atom is 0.305 e. The quantitative estimate of drug-likeness (QED) is 0.881. The molecule has 0 atom stereocenters. The number of benzene rings is 1. The van der Waals surface area contributed by atoms with Crippen LogP contribution in [0.25, 0.3) is 0 Å². The smallest absolute Gasteiger partial charge is 0.305 e. The second kappa shape index (κ2) is 6.38. The van der Waals surface area contributed by atoms with Crippen LogP contribution < -0.4 is 4.90 Å². The molecule has 0 radical (unpaired) electrons. The summed E-state index contributed by atoms with van der Waals surface area (Å²) in [7, 11) is 0. The number of aliphatic carboxylic acids is 1. The molecule has 1 aromatic carbocycles. The van der Waals surface area contributed by atoms with Crippen molar-refractivity contribution in [2.24, 2.45) is 0 Å². The molecule has 0 aliphatic heterocycles. The number of aromatic nitrogens is 1. The zero-order chi connectivity index (χ0) is 14.5. The van der Waals surface area contributed by atoms with E-state index in [2.05, 4.69) is 20.9 Å². The van der Waals surface area contributed by atoms with Gasteiger partial charge in [-0.1, -0.05) is 18.2 Å². The first-order chi connectivity index (χ1) is 9.58. The molecular weight excluding hydrogens is 324 g/mol. The first kappa shape index (κ1) is 14.3. The van der Waals surface area contributed by atoms with E-state index in [0.29, 0.717) is 11.4 Å². The summed E-state index contributed by atoms with van der Waals surface area (Å²) in [6, 6.07) is 10.7. The van der Waals surface area contributed by atoms with E-state index in [0.717, 1.165) is 4.47 Å². The lowest BCUT2D eigenvalue weighted by Gasteiger charge is -2.21. The minimum absolute atomic E-state index is 0.109. The Morgan fingerprint density at radius 3 is 2.50 bits per heavy atom. The maximum atomic E-state index is 12.5. The number of hydrogen-bond donors (Lipinski definition) is 2. The lowest BCUT2D eigenvalue weighted by atomic mass is 10.2. The van der Waals surface area contributed by atoms with Crippen LogP contribution in [0.3, 0.4) is 0 Å². The van der Waals surface area contributed by atoms with Crippen LogP contribution in [0.4, 0.5) is 5.69 Å². The molecule has 1 aromatic heterocycles. The van der Waals surface area contributed by atoms with Crippen molar-refractivity contribution in [2.75, 3.05) is 11.4 Å². The van der Waals surface area contributed by atoms with Crippen LogP contribution in [-0.4, -0.2) is 28.5 Å². The number of carboxylic acids is 1. The summed E-state index contributed by atoms with van der Waals surface area (Å²) in [5.41, 5.74) is 1.08. The van der Waals surface area contributed by atoms with E-state index in [9.17, 15) is 9.59 Å². The SMILES string of the molecule is O=C(O)CCN(C(=O)c1cc(Br)c[nH]1)c1ccccc1. The number of aromatic amines is 1. The Labute approximate surface area is 124 Å². The molecule has 1 amide bonds. The number of carboxylic acid groups (broad SMARTS) is 1. The normalized spacial score (nSPS) is 10.2. The Bertz CT molecular complexity index is 610. The topological polar surface area (TPSA) is 73.4 Å². The van der Waals surface area contributed by atoms with Gasteiger partial charge in [0.1, 0.15) is 5.69 Å². The van der Waals surface area contributed by atoms with Gasteiger partial charge in [-0.05, 0) is 34.1 Å². The minimum atomic E-state index is -0.939. The minimum Gasteiger partial charge on any atom is -0.481 e. The van der Waals surface area contributed by atoms with Crippen LogP contribution in [-0.2, 0) is 4.79 Å². The Morgan fingerprint density at radius 1 is 1.25 bits per heavy atom. The van der Waals surface area contributed by atoms with Crippen molar-refractivity contribution in [2.45, 2.75) is 6.42 Å². The molecule has 5 nitrogen and oxygen atoms in total. The molecule has 6 heteroatoms. The van der Waals surface area contributed by atoms with Gasteiger partial charge in [-0.3, -0.25) is 9.59 Å². The fraction of sp³-hybridized carbons (Fsp3) is 0.143. The van der Waals surface area contributed by atoms with Crippen LogP contribution in [0.15, 0.2) is 47.1 Å². The summed E-state index contributed by atoms with van der Waals surface area (Å²) in [4.78, 5) is 27.5. The number of nitrogens with zero attached hydrogens (tertiary/aromatic N) is 1. The summed E-state index contributed by atoms with van der Waals surface area (Å²) in [6.07, 6.45) is 1.55. The van der Waals surface area contributed by atoms with E-state index < -0.39 is 5.97 Å². The third-order valence-corrected chi connectivity index (χ3v) is 3.20. The number of hydrogen-bond acceptors (Lipinski definition) is 2. The highest BCUT2D eigenvalue weighted by Gasteiger charge is 2.19. The summed E-state index contributed by atoms with van der Waals surface area (Å²) in [6.45, 7) is 0.120. The van der Waals surface area contributed by atoms with Crippen molar-refractivity contribution in [1.29, 1.82) is 0 Å². The van der Waals surface area contributed by atoms with Gasteiger partial charge in [-0.2, -0.15) is 0 Å². The van der Waals surface area contributed by atoms with Crippen molar-refractivity contribution < 1.29 is 14.7 Å². The van der Waals surface area contributed by atoms with E-state index in [1.165, 1.54) is 4.90 Å². The second-order valence-corrected chi connectivity index (χ2v) is 5.08. The highest BCUT2D eigenvalue weighted by Crippen LogP contribution is 2.19. The van der Waals surface area contributed by atoms with E-state index in [1.54, 1.807) is 36.5 Å². The number of amides is 1. The van der Waals surface area contributed by atoms with Gasteiger partial charge in [0.25, 0.3) is 5.91 Å². The number of rotatable bonds is 5. The van der Waals surface area contributed by atoms with Gasteiger partial charge in [0.05, 0.1) is 6.42 Å². The zero-order valence-corrected chi connectivity index (χ0v) is 12.1. The number of carbonyl (C=O) groups is 2. The molecule has 0 aliphatic carbocycles. The second-order valence-electron chi connectivity index (χ2n) is 4.17. The van der Waals surface area contributed by atoms with Gasteiger partial charge >= 0.3 is 5.97 Å². The lowest BCUT2D eigenvalue weighted by Crippen LogP contribution is -2.33. The summed E-state index contributed by atoms with van der Waals surface area (Å²) in [5.74, 6) is -1.20.